The summed E-state index contributed by atoms with van der Waals surface area (Å²) < 4.78 is 10.7. The van der Waals surface area contributed by atoms with Gasteiger partial charge in [-0.25, -0.2) is 0 Å². The van der Waals surface area contributed by atoms with Crippen LogP contribution in [0.1, 0.15) is 11.3 Å². The summed E-state index contributed by atoms with van der Waals surface area (Å²) in [7, 11) is 1.95. The average Bonchev–Trinajstić information content (AvgIpc) is 2.96. The molecule has 0 aliphatic carbocycles. The number of ether oxygens (including phenoxy) is 2. The van der Waals surface area contributed by atoms with Gasteiger partial charge in [-0.05, 0) is 43.8 Å². The number of fused-ring (bicyclic) bond motifs is 1. The maximum absolute atomic E-state index is 5.40. The van der Waals surface area contributed by atoms with E-state index >= 15 is 0 Å². The average molecular weight is 244 g/mol. The first-order valence-electron chi connectivity index (χ1n) is 6.01. The van der Waals surface area contributed by atoms with Gasteiger partial charge >= 0.3 is 0 Å². The molecular weight excluding hydrogens is 228 g/mol. The highest BCUT2D eigenvalue weighted by atomic mass is 16.7. The molecule has 0 amide bonds. The number of aryl methyl sites for hydroxylation is 1. The van der Waals surface area contributed by atoms with Gasteiger partial charge in [-0.3, -0.25) is 0 Å². The van der Waals surface area contributed by atoms with Crippen molar-refractivity contribution < 1.29 is 9.47 Å². The van der Waals surface area contributed by atoms with Crippen molar-refractivity contribution in [2.75, 3.05) is 13.8 Å². The van der Waals surface area contributed by atoms with Crippen molar-refractivity contribution in [2.45, 2.75) is 13.5 Å². The highest BCUT2D eigenvalue weighted by Gasteiger charge is 2.15. The molecule has 0 spiro atoms. The zero-order valence-electron chi connectivity index (χ0n) is 10.5. The fourth-order valence-corrected chi connectivity index (χ4v) is 2.19. The lowest BCUT2D eigenvalue weighted by molar-refractivity contribution is 0.174. The fraction of sp³-hybridized carbons (Fsp3) is 0.286. The molecule has 1 aromatic carbocycles. The minimum absolute atomic E-state index is 0.313. The van der Waals surface area contributed by atoms with Crippen LogP contribution in [0.5, 0.6) is 11.5 Å². The van der Waals surface area contributed by atoms with E-state index in [0.717, 1.165) is 29.3 Å². The molecule has 1 aliphatic heterocycles. The van der Waals surface area contributed by atoms with Crippen LogP contribution < -0.4 is 14.8 Å². The number of hydrogen-bond acceptors (Lipinski definition) is 3. The Labute approximate surface area is 106 Å². The van der Waals surface area contributed by atoms with Gasteiger partial charge in [0.1, 0.15) is 0 Å². The Bertz CT molecular complexity index is 575. The van der Waals surface area contributed by atoms with E-state index < -0.39 is 0 Å². The molecule has 0 unspecified atom stereocenters. The Balaban J connectivity index is 1.97. The second-order valence-electron chi connectivity index (χ2n) is 4.43. The molecule has 2 aromatic rings. The summed E-state index contributed by atoms with van der Waals surface area (Å²) in [5.41, 5.74) is 4.70. The topological polar surface area (TPSA) is 46.3 Å². The molecule has 94 valence electrons. The van der Waals surface area contributed by atoms with Gasteiger partial charge in [0.2, 0.25) is 6.79 Å². The highest BCUT2D eigenvalue weighted by molar-refractivity contribution is 5.66. The van der Waals surface area contributed by atoms with E-state index in [1.165, 1.54) is 11.3 Å². The third-order valence-electron chi connectivity index (χ3n) is 3.17. The van der Waals surface area contributed by atoms with Crippen molar-refractivity contribution in [1.29, 1.82) is 0 Å². The van der Waals surface area contributed by atoms with E-state index in [2.05, 4.69) is 23.3 Å². The predicted molar refractivity (Wildman–Crippen MR) is 69.9 cm³/mol. The van der Waals surface area contributed by atoms with Crippen LogP contribution >= 0.6 is 0 Å². The summed E-state index contributed by atoms with van der Waals surface area (Å²) in [5, 5.41) is 3.17. The Hall–Kier alpha value is -1.94. The van der Waals surface area contributed by atoms with E-state index in [-0.39, 0.29) is 0 Å². The molecule has 0 saturated carbocycles. The zero-order valence-corrected chi connectivity index (χ0v) is 10.5. The summed E-state index contributed by atoms with van der Waals surface area (Å²) >= 11 is 0. The molecule has 0 fully saturated rings. The van der Waals surface area contributed by atoms with Crippen LogP contribution in [-0.4, -0.2) is 18.8 Å². The van der Waals surface area contributed by atoms with Crippen LogP contribution in [0.4, 0.5) is 0 Å². The molecule has 0 saturated heterocycles. The third-order valence-corrected chi connectivity index (χ3v) is 3.17. The summed E-state index contributed by atoms with van der Waals surface area (Å²) in [5.74, 6) is 1.63. The monoisotopic (exact) mass is 244 g/mol. The summed E-state index contributed by atoms with van der Waals surface area (Å²) in [6.07, 6.45) is 0. The standard InChI is InChI=1S/C14H16N2O2/c1-9-11(7-15-2)5-12(16-9)10-3-4-13-14(6-10)18-8-17-13/h3-6,15-16H,7-8H2,1-2H3. The molecule has 2 heterocycles. The minimum Gasteiger partial charge on any atom is -0.454 e. The van der Waals surface area contributed by atoms with Gasteiger partial charge in [-0.15, -0.1) is 0 Å². The van der Waals surface area contributed by atoms with Crippen LogP contribution in [-0.2, 0) is 6.54 Å². The lowest BCUT2D eigenvalue weighted by Crippen LogP contribution is -2.04. The van der Waals surface area contributed by atoms with Gasteiger partial charge in [0, 0.05) is 23.5 Å². The summed E-state index contributed by atoms with van der Waals surface area (Å²) in [6, 6.07) is 8.17. The van der Waals surface area contributed by atoms with E-state index in [1.54, 1.807) is 0 Å². The van der Waals surface area contributed by atoms with Crippen LogP contribution in [0.15, 0.2) is 24.3 Å². The van der Waals surface area contributed by atoms with Crippen molar-refractivity contribution >= 4 is 0 Å². The number of nitrogens with one attached hydrogen (secondary N) is 2. The van der Waals surface area contributed by atoms with Crippen molar-refractivity contribution in [3.63, 3.8) is 0 Å². The fourth-order valence-electron chi connectivity index (χ4n) is 2.19. The van der Waals surface area contributed by atoms with Crippen molar-refractivity contribution in [3.8, 4) is 22.8 Å². The van der Waals surface area contributed by atoms with Gasteiger partial charge in [0.25, 0.3) is 0 Å². The van der Waals surface area contributed by atoms with Crippen molar-refractivity contribution in [2.24, 2.45) is 0 Å². The Morgan fingerprint density at radius 3 is 2.89 bits per heavy atom. The Kier molecular flexibility index (Phi) is 2.72. The summed E-state index contributed by atoms with van der Waals surface area (Å²) in [6.45, 7) is 3.27. The third kappa shape index (κ3) is 1.84. The van der Waals surface area contributed by atoms with Gasteiger partial charge < -0.3 is 19.8 Å². The van der Waals surface area contributed by atoms with Crippen LogP contribution in [0.3, 0.4) is 0 Å². The number of rotatable bonds is 3. The second kappa shape index (κ2) is 4.38. The molecule has 1 aromatic heterocycles. The number of hydrogen-bond donors (Lipinski definition) is 2. The van der Waals surface area contributed by atoms with Crippen LogP contribution in [0.25, 0.3) is 11.3 Å². The Morgan fingerprint density at radius 1 is 1.22 bits per heavy atom. The number of aromatic nitrogens is 1. The van der Waals surface area contributed by atoms with E-state index in [0.29, 0.717) is 6.79 Å². The highest BCUT2D eigenvalue weighted by Crippen LogP contribution is 2.35. The molecule has 4 nitrogen and oxygen atoms in total. The van der Waals surface area contributed by atoms with Gasteiger partial charge in [-0.1, -0.05) is 0 Å². The van der Waals surface area contributed by atoms with Gasteiger partial charge in [0.15, 0.2) is 11.5 Å². The largest absolute Gasteiger partial charge is 0.454 e. The molecule has 18 heavy (non-hydrogen) atoms. The molecule has 1 aliphatic rings. The molecular formula is C14H16N2O2. The van der Waals surface area contributed by atoms with Gasteiger partial charge in [0.05, 0.1) is 0 Å². The quantitative estimate of drug-likeness (QED) is 0.871. The predicted octanol–water partition coefficient (Wildman–Crippen LogP) is 2.44. The first-order valence-corrected chi connectivity index (χ1v) is 6.01. The first kappa shape index (κ1) is 11.2. The minimum atomic E-state index is 0.313. The lowest BCUT2D eigenvalue weighted by Gasteiger charge is -2.00. The molecule has 2 N–H and O–H groups in total. The number of H-pyrrole nitrogens is 1. The lowest BCUT2D eigenvalue weighted by atomic mass is 10.1. The molecule has 3 rings (SSSR count). The SMILES string of the molecule is CNCc1cc(-c2ccc3c(c2)OCO3)[nH]c1C. The van der Waals surface area contributed by atoms with E-state index in [9.17, 15) is 0 Å². The normalized spacial score (nSPS) is 13.0. The molecule has 0 atom stereocenters. The van der Waals surface area contributed by atoms with E-state index in [4.69, 9.17) is 9.47 Å². The van der Waals surface area contributed by atoms with Crippen molar-refractivity contribution in [1.82, 2.24) is 10.3 Å². The van der Waals surface area contributed by atoms with Gasteiger partial charge in [-0.2, -0.15) is 0 Å². The maximum atomic E-state index is 5.40. The molecule has 0 bridgehead atoms. The summed E-state index contributed by atoms with van der Waals surface area (Å²) in [4.78, 5) is 3.40. The van der Waals surface area contributed by atoms with Crippen LogP contribution in [0.2, 0.25) is 0 Å². The molecule has 4 heteroatoms. The maximum Gasteiger partial charge on any atom is 0.231 e. The number of benzene rings is 1. The second-order valence-corrected chi connectivity index (χ2v) is 4.43. The smallest absolute Gasteiger partial charge is 0.231 e. The van der Waals surface area contributed by atoms with Crippen LogP contribution in [0, 0.1) is 6.92 Å². The first-order chi connectivity index (χ1) is 8.78. The van der Waals surface area contributed by atoms with E-state index in [1.807, 2.05) is 25.2 Å². The molecule has 0 radical (unpaired) electrons. The Morgan fingerprint density at radius 2 is 2.06 bits per heavy atom. The zero-order chi connectivity index (χ0) is 12.5. The number of aromatic amines is 1. The van der Waals surface area contributed by atoms with Crippen molar-refractivity contribution in [3.05, 3.63) is 35.5 Å².